The second-order valence-electron chi connectivity index (χ2n) is 6.35. The van der Waals surface area contributed by atoms with Crippen LogP contribution in [0.1, 0.15) is 21.7 Å². The number of nitrogens with zero attached hydrogens (tertiary/aromatic N) is 3. The number of thioether (sulfide) groups is 1. The Balaban J connectivity index is 1.35. The molecule has 29 heavy (non-hydrogen) atoms. The number of benzene rings is 2. The van der Waals surface area contributed by atoms with Gasteiger partial charge in [0, 0.05) is 39.9 Å². The Hall–Kier alpha value is -3.45. The van der Waals surface area contributed by atoms with Crippen LogP contribution in [0.5, 0.6) is 0 Å². The number of nitrogens with one attached hydrogen (secondary N) is 1. The molecule has 2 aromatic heterocycles. The molecule has 0 aliphatic heterocycles. The first-order chi connectivity index (χ1) is 14.2. The largest absolute Gasteiger partial charge is 0.334 e. The fraction of sp³-hybridized carbons (Fsp3) is 0.0909. The third-order valence-electron chi connectivity index (χ3n) is 4.16. The van der Waals surface area contributed by atoms with Crippen molar-refractivity contribution in [3.63, 3.8) is 0 Å². The zero-order valence-electron chi connectivity index (χ0n) is 15.7. The molecule has 0 aliphatic rings. The average molecular weight is 402 g/mol. The predicted molar refractivity (Wildman–Crippen MR) is 113 cm³/mol. The second-order valence-corrected chi connectivity index (χ2v) is 7.40. The summed E-state index contributed by atoms with van der Waals surface area (Å²) in [5, 5.41) is 6.69. The monoisotopic (exact) mass is 402 g/mol. The summed E-state index contributed by atoms with van der Waals surface area (Å²) in [6.07, 6.45) is 3.64. The Labute approximate surface area is 172 Å². The number of amides is 1. The van der Waals surface area contributed by atoms with Crippen LogP contribution in [-0.4, -0.2) is 21.0 Å². The molecule has 2 heterocycles. The van der Waals surface area contributed by atoms with Crippen molar-refractivity contribution in [1.82, 2.24) is 15.1 Å². The van der Waals surface area contributed by atoms with E-state index in [4.69, 9.17) is 4.52 Å². The summed E-state index contributed by atoms with van der Waals surface area (Å²) in [4.78, 5) is 21.9. The van der Waals surface area contributed by atoms with Gasteiger partial charge in [-0.2, -0.15) is 4.98 Å². The quantitative estimate of drug-likeness (QED) is 0.458. The Kier molecular flexibility index (Phi) is 5.67. The molecule has 4 aromatic rings. The highest BCUT2D eigenvalue weighted by Crippen LogP contribution is 2.24. The van der Waals surface area contributed by atoms with Crippen LogP contribution in [0.4, 0.5) is 5.69 Å². The molecule has 0 saturated carbocycles. The van der Waals surface area contributed by atoms with Gasteiger partial charge in [0.1, 0.15) is 0 Å². The normalized spacial score (nSPS) is 10.7. The summed E-state index contributed by atoms with van der Waals surface area (Å²) in [6.45, 7) is 1.76. The van der Waals surface area contributed by atoms with Crippen molar-refractivity contribution in [2.24, 2.45) is 0 Å². The molecule has 0 aliphatic carbocycles. The van der Waals surface area contributed by atoms with Crippen LogP contribution in [0.15, 0.2) is 82.5 Å². The number of carbonyl (C=O) groups is 1. The molecule has 7 heteroatoms. The molecule has 0 fully saturated rings. The van der Waals surface area contributed by atoms with E-state index in [-0.39, 0.29) is 5.91 Å². The fourth-order valence-electron chi connectivity index (χ4n) is 2.67. The minimum Gasteiger partial charge on any atom is -0.334 e. The lowest BCUT2D eigenvalue weighted by atomic mass is 10.1. The predicted octanol–water partition coefficient (Wildman–Crippen LogP) is 4.98. The van der Waals surface area contributed by atoms with Gasteiger partial charge in [0.25, 0.3) is 11.8 Å². The van der Waals surface area contributed by atoms with Gasteiger partial charge in [0.05, 0.1) is 0 Å². The highest BCUT2D eigenvalue weighted by molar-refractivity contribution is 7.98. The number of hydrogen-bond acceptors (Lipinski definition) is 6. The summed E-state index contributed by atoms with van der Waals surface area (Å²) in [7, 11) is 0. The lowest BCUT2D eigenvalue weighted by molar-refractivity contribution is 0.102. The molecule has 0 radical (unpaired) electrons. The van der Waals surface area contributed by atoms with Gasteiger partial charge in [-0.3, -0.25) is 9.78 Å². The van der Waals surface area contributed by atoms with Crippen molar-refractivity contribution in [2.75, 3.05) is 5.32 Å². The fourth-order valence-corrected chi connectivity index (χ4v) is 3.50. The van der Waals surface area contributed by atoms with E-state index in [1.54, 1.807) is 49.1 Å². The van der Waals surface area contributed by atoms with E-state index in [9.17, 15) is 4.79 Å². The maximum atomic E-state index is 12.5. The molecule has 1 N–H and O–H groups in total. The van der Waals surface area contributed by atoms with Crippen molar-refractivity contribution >= 4 is 23.4 Å². The van der Waals surface area contributed by atoms with Gasteiger partial charge in [-0.15, -0.1) is 11.8 Å². The Morgan fingerprint density at radius 3 is 2.52 bits per heavy atom. The Bertz CT molecular complexity index is 1090. The third kappa shape index (κ3) is 4.89. The van der Waals surface area contributed by atoms with Crippen molar-refractivity contribution in [3.05, 3.63) is 90.0 Å². The maximum Gasteiger partial charge on any atom is 0.257 e. The summed E-state index contributed by atoms with van der Waals surface area (Å²) >= 11 is 1.73. The zero-order valence-corrected chi connectivity index (χ0v) is 16.5. The summed E-state index contributed by atoms with van der Waals surface area (Å²) in [5.74, 6) is 1.69. The molecular weight excluding hydrogens is 384 g/mol. The lowest BCUT2D eigenvalue weighted by Gasteiger charge is -2.07. The van der Waals surface area contributed by atoms with Gasteiger partial charge in [0.15, 0.2) is 5.82 Å². The zero-order chi connectivity index (χ0) is 20.1. The number of aryl methyl sites for hydroxylation is 1. The maximum absolute atomic E-state index is 12.5. The first kappa shape index (κ1) is 18.9. The number of rotatable bonds is 6. The molecule has 0 atom stereocenters. The molecule has 0 saturated heterocycles. The van der Waals surface area contributed by atoms with Gasteiger partial charge in [-0.1, -0.05) is 11.2 Å². The van der Waals surface area contributed by atoms with Gasteiger partial charge < -0.3 is 9.84 Å². The minimum absolute atomic E-state index is 0.172. The summed E-state index contributed by atoms with van der Waals surface area (Å²) < 4.78 is 5.14. The Morgan fingerprint density at radius 2 is 1.86 bits per heavy atom. The number of pyridine rings is 1. The number of anilines is 1. The standard InChI is InChI=1S/C22H18N4O2S/c1-15-24-22(28-26-15)18-6-4-17(5-7-18)21(27)25-19-8-10-20(11-9-19)29-14-16-3-2-12-23-13-16/h2-13H,14H2,1H3,(H,25,27). The van der Waals surface area contributed by atoms with Crippen LogP contribution in [0.2, 0.25) is 0 Å². The van der Waals surface area contributed by atoms with Crippen LogP contribution in [0, 0.1) is 6.92 Å². The second kappa shape index (κ2) is 8.70. The van der Waals surface area contributed by atoms with Crippen molar-refractivity contribution in [3.8, 4) is 11.5 Å². The summed E-state index contributed by atoms with van der Waals surface area (Å²) in [5.41, 5.74) is 3.25. The van der Waals surface area contributed by atoms with Crippen LogP contribution in [0.3, 0.4) is 0 Å². The first-order valence-electron chi connectivity index (χ1n) is 9.01. The van der Waals surface area contributed by atoms with Gasteiger partial charge in [-0.05, 0) is 67.1 Å². The molecular formula is C22H18N4O2S. The van der Waals surface area contributed by atoms with E-state index >= 15 is 0 Å². The van der Waals surface area contributed by atoms with Gasteiger partial charge in [-0.25, -0.2) is 0 Å². The smallest absolute Gasteiger partial charge is 0.257 e. The topological polar surface area (TPSA) is 80.9 Å². The molecule has 0 unspecified atom stereocenters. The average Bonchev–Trinajstić information content (AvgIpc) is 3.20. The van der Waals surface area contributed by atoms with E-state index in [0.29, 0.717) is 17.3 Å². The van der Waals surface area contributed by atoms with E-state index in [1.807, 2.05) is 36.5 Å². The Morgan fingerprint density at radius 1 is 1.07 bits per heavy atom. The molecule has 1 amide bonds. The van der Waals surface area contributed by atoms with Crippen LogP contribution >= 0.6 is 11.8 Å². The highest BCUT2D eigenvalue weighted by Gasteiger charge is 2.10. The third-order valence-corrected chi connectivity index (χ3v) is 5.25. The van der Waals surface area contributed by atoms with Crippen molar-refractivity contribution in [1.29, 1.82) is 0 Å². The highest BCUT2D eigenvalue weighted by atomic mass is 32.2. The number of carbonyl (C=O) groups excluding carboxylic acids is 1. The van der Waals surface area contributed by atoms with Crippen LogP contribution in [0.25, 0.3) is 11.5 Å². The number of aromatic nitrogens is 3. The van der Waals surface area contributed by atoms with E-state index in [1.165, 1.54) is 5.56 Å². The van der Waals surface area contributed by atoms with E-state index in [0.717, 1.165) is 21.9 Å². The SMILES string of the molecule is Cc1noc(-c2ccc(C(=O)Nc3ccc(SCc4cccnc4)cc3)cc2)n1. The number of hydrogen-bond donors (Lipinski definition) is 1. The van der Waals surface area contributed by atoms with Crippen LogP contribution < -0.4 is 5.32 Å². The molecule has 2 aromatic carbocycles. The first-order valence-corrected chi connectivity index (χ1v) is 10.00. The van der Waals surface area contributed by atoms with Crippen molar-refractivity contribution in [2.45, 2.75) is 17.6 Å². The van der Waals surface area contributed by atoms with Gasteiger partial charge in [0.2, 0.25) is 0 Å². The van der Waals surface area contributed by atoms with Gasteiger partial charge >= 0.3 is 0 Å². The molecule has 144 valence electrons. The summed E-state index contributed by atoms with van der Waals surface area (Å²) in [6, 6.07) is 18.8. The van der Waals surface area contributed by atoms with Crippen LogP contribution in [-0.2, 0) is 5.75 Å². The molecule has 6 nitrogen and oxygen atoms in total. The van der Waals surface area contributed by atoms with E-state index in [2.05, 4.69) is 26.5 Å². The molecule has 4 rings (SSSR count). The molecule has 0 spiro atoms. The minimum atomic E-state index is -0.172. The van der Waals surface area contributed by atoms with Crippen molar-refractivity contribution < 1.29 is 9.32 Å². The lowest BCUT2D eigenvalue weighted by Crippen LogP contribution is -2.11. The molecule has 0 bridgehead atoms. The van der Waals surface area contributed by atoms with E-state index < -0.39 is 0 Å².